The zero-order valence-corrected chi connectivity index (χ0v) is 14.6. The van der Waals surface area contributed by atoms with Crippen molar-refractivity contribution in [1.82, 2.24) is 10.2 Å². The molecule has 3 unspecified atom stereocenters. The van der Waals surface area contributed by atoms with Crippen LogP contribution in [0.1, 0.15) is 53.4 Å². The Balaban J connectivity index is 1.87. The third-order valence-electron chi connectivity index (χ3n) is 4.58. The standard InChI is InChI=1S/C17H32N2O3/c1-13-7-5-6-8-15(13)18-11-14-12-21-10-9-19(14)16(20)22-17(2,3)4/h13-15,18H,5-12H2,1-4H3. The predicted molar refractivity (Wildman–Crippen MR) is 87.0 cm³/mol. The van der Waals surface area contributed by atoms with E-state index in [1.165, 1.54) is 25.7 Å². The molecule has 1 aliphatic heterocycles. The summed E-state index contributed by atoms with van der Waals surface area (Å²) in [6, 6.07) is 0.633. The molecule has 1 heterocycles. The number of nitrogens with one attached hydrogen (secondary N) is 1. The van der Waals surface area contributed by atoms with Crippen LogP contribution in [-0.2, 0) is 9.47 Å². The molecule has 3 atom stereocenters. The first-order valence-corrected chi connectivity index (χ1v) is 8.67. The number of morpholine rings is 1. The Bertz CT molecular complexity index is 367. The van der Waals surface area contributed by atoms with Gasteiger partial charge in [-0.15, -0.1) is 0 Å². The fourth-order valence-corrected chi connectivity index (χ4v) is 3.29. The molecule has 22 heavy (non-hydrogen) atoms. The molecule has 128 valence electrons. The van der Waals surface area contributed by atoms with Gasteiger partial charge in [0.2, 0.25) is 0 Å². The van der Waals surface area contributed by atoms with Gasteiger partial charge < -0.3 is 14.8 Å². The molecule has 0 spiro atoms. The molecular weight excluding hydrogens is 280 g/mol. The second-order valence-corrected chi connectivity index (χ2v) is 7.68. The maximum Gasteiger partial charge on any atom is 0.410 e. The van der Waals surface area contributed by atoms with E-state index in [-0.39, 0.29) is 12.1 Å². The summed E-state index contributed by atoms with van der Waals surface area (Å²) in [5.41, 5.74) is -0.453. The zero-order valence-electron chi connectivity index (χ0n) is 14.6. The van der Waals surface area contributed by atoms with Gasteiger partial charge in [-0.05, 0) is 39.5 Å². The topological polar surface area (TPSA) is 50.8 Å². The lowest BCUT2D eigenvalue weighted by atomic mass is 9.86. The summed E-state index contributed by atoms with van der Waals surface area (Å²) in [6.07, 6.45) is 4.96. The Labute approximate surface area is 134 Å². The first-order chi connectivity index (χ1) is 10.4. The first-order valence-electron chi connectivity index (χ1n) is 8.67. The number of carbonyl (C=O) groups is 1. The lowest BCUT2D eigenvalue weighted by Gasteiger charge is -2.38. The van der Waals surface area contributed by atoms with Gasteiger partial charge in [0.1, 0.15) is 5.60 Å². The quantitative estimate of drug-likeness (QED) is 0.870. The summed E-state index contributed by atoms with van der Waals surface area (Å²) in [4.78, 5) is 14.2. The van der Waals surface area contributed by atoms with Crippen molar-refractivity contribution in [2.45, 2.75) is 71.1 Å². The number of rotatable bonds is 3. The highest BCUT2D eigenvalue weighted by molar-refractivity contribution is 5.68. The molecule has 5 nitrogen and oxygen atoms in total. The Morgan fingerprint density at radius 2 is 2.05 bits per heavy atom. The van der Waals surface area contributed by atoms with E-state index in [0.29, 0.717) is 31.7 Å². The van der Waals surface area contributed by atoms with Gasteiger partial charge >= 0.3 is 6.09 Å². The Kier molecular flexibility index (Phi) is 6.09. The third-order valence-corrected chi connectivity index (χ3v) is 4.58. The van der Waals surface area contributed by atoms with Gasteiger partial charge in [0.05, 0.1) is 19.3 Å². The fourth-order valence-electron chi connectivity index (χ4n) is 3.29. The van der Waals surface area contributed by atoms with E-state index in [1.807, 2.05) is 25.7 Å². The van der Waals surface area contributed by atoms with Crippen LogP contribution in [0.15, 0.2) is 0 Å². The molecule has 0 bridgehead atoms. The van der Waals surface area contributed by atoms with E-state index in [9.17, 15) is 4.79 Å². The molecule has 0 aromatic carbocycles. The van der Waals surface area contributed by atoms with Crippen LogP contribution in [0.2, 0.25) is 0 Å². The van der Waals surface area contributed by atoms with Crippen LogP contribution in [0, 0.1) is 5.92 Å². The number of hydrogen-bond donors (Lipinski definition) is 1. The fraction of sp³-hybridized carbons (Fsp3) is 0.941. The lowest BCUT2D eigenvalue weighted by molar-refractivity contribution is -0.0327. The first kappa shape index (κ1) is 17.5. The Hall–Kier alpha value is -0.810. The summed E-state index contributed by atoms with van der Waals surface area (Å²) >= 11 is 0. The third kappa shape index (κ3) is 5.13. The molecule has 1 N–H and O–H groups in total. The summed E-state index contributed by atoms with van der Waals surface area (Å²) in [7, 11) is 0. The van der Waals surface area contributed by atoms with Gasteiger partial charge in [-0.3, -0.25) is 4.90 Å². The van der Waals surface area contributed by atoms with Crippen molar-refractivity contribution >= 4 is 6.09 Å². The normalized spacial score (nSPS) is 30.2. The van der Waals surface area contributed by atoms with Crippen LogP contribution in [0.5, 0.6) is 0 Å². The summed E-state index contributed by atoms with van der Waals surface area (Å²) in [5.74, 6) is 0.716. The van der Waals surface area contributed by atoms with Gasteiger partial charge in [-0.2, -0.15) is 0 Å². The summed E-state index contributed by atoms with van der Waals surface area (Å²) in [6.45, 7) is 10.6. The molecule has 1 amide bonds. The van der Waals surface area contributed by atoms with Gasteiger partial charge in [-0.1, -0.05) is 19.8 Å². The average molecular weight is 312 g/mol. The number of carbonyl (C=O) groups excluding carboxylic acids is 1. The average Bonchev–Trinajstić information content (AvgIpc) is 2.45. The number of amides is 1. The highest BCUT2D eigenvalue weighted by Crippen LogP contribution is 2.24. The maximum absolute atomic E-state index is 12.4. The predicted octanol–water partition coefficient (Wildman–Crippen LogP) is 2.79. The van der Waals surface area contributed by atoms with E-state index in [1.54, 1.807) is 0 Å². The minimum Gasteiger partial charge on any atom is -0.444 e. The van der Waals surface area contributed by atoms with Gasteiger partial charge in [-0.25, -0.2) is 4.79 Å². The van der Waals surface area contributed by atoms with E-state index < -0.39 is 5.60 Å². The molecule has 2 aliphatic rings. The van der Waals surface area contributed by atoms with Crippen molar-refractivity contribution in [1.29, 1.82) is 0 Å². The molecule has 5 heteroatoms. The molecule has 2 rings (SSSR count). The molecule has 0 aromatic heterocycles. The lowest BCUT2D eigenvalue weighted by Crippen LogP contribution is -2.55. The largest absolute Gasteiger partial charge is 0.444 e. The second kappa shape index (κ2) is 7.64. The minimum atomic E-state index is -0.453. The second-order valence-electron chi connectivity index (χ2n) is 7.68. The van der Waals surface area contributed by atoms with Crippen LogP contribution >= 0.6 is 0 Å². The molecule has 1 aliphatic carbocycles. The highest BCUT2D eigenvalue weighted by Gasteiger charge is 2.32. The molecule has 0 aromatic rings. The van der Waals surface area contributed by atoms with Crippen molar-refractivity contribution in [3.05, 3.63) is 0 Å². The van der Waals surface area contributed by atoms with Crippen LogP contribution in [0.25, 0.3) is 0 Å². The van der Waals surface area contributed by atoms with Crippen LogP contribution < -0.4 is 5.32 Å². The van der Waals surface area contributed by atoms with Crippen molar-refractivity contribution in [3.63, 3.8) is 0 Å². The number of hydrogen-bond acceptors (Lipinski definition) is 4. The molecule has 1 saturated carbocycles. The SMILES string of the molecule is CC1CCCCC1NCC1COCCN1C(=O)OC(C)(C)C. The smallest absolute Gasteiger partial charge is 0.410 e. The molecule has 0 radical (unpaired) electrons. The molecule has 1 saturated heterocycles. The van der Waals surface area contributed by atoms with Gasteiger partial charge in [0.15, 0.2) is 0 Å². The Morgan fingerprint density at radius 1 is 1.32 bits per heavy atom. The van der Waals surface area contributed by atoms with E-state index >= 15 is 0 Å². The summed E-state index contributed by atoms with van der Waals surface area (Å²) < 4.78 is 11.1. The van der Waals surface area contributed by atoms with Gasteiger partial charge in [0.25, 0.3) is 0 Å². The number of nitrogens with zero attached hydrogens (tertiary/aromatic N) is 1. The van der Waals surface area contributed by atoms with Crippen molar-refractivity contribution < 1.29 is 14.3 Å². The molecular formula is C17H32N2O3. The van der Waals surface area contributed by atoms with Crippen molar-refractivity contribution in [2.75, 3.05) is 26.3 Å². The van der Waals surface area contributed by atoms with E-state index in [0.717, 1.165) is 6.54 Å². The van der Waals surface area contributed by atoms with Crippen molar-refractivity contribution in [3.8, 4) is 0 Å². The minimum absolute atomic E-state index is 0.0673. The molecule has 2 fully saturated rings. The van der Waals surface area contributed by atoms with Gasteiger partial charge in [0, 0.05) is 19.1 Å². The number of ether oxygens (including phenoxy) is 2. The highest BCUT2D eigenvalue weighted by atomic mass is 16.6. The maximum atomic E-state index is 12.4. The van der Waals surface area contributed by atoms with E-state index in [4.69, 9.17) is 9.47 Å². The zero-order chi connectivity index (χ0) is 16.2. The van der Waals surface area contributed by atoms with Crippen LogP contribution in [0.3, 0.4) is 0 Å². The Morgan fingerprint density at radius 3 is 2.73 bits per heavy atom. The van der Waals surface area contributed by atoms with Crippen molar-refractivity contribution in [2.24, 2.45) is 5.92 Å². The monoisotopic (exact) mass is 312 g/mol. The van der Waals surface area contributed by atoms with Crippen LogP contribution in [-0.4, -0.2) is 55.0 Å². The van der Waals surface area contributed by atoms with Crippen LogP contribution in [0.4, 0.5) is 4.79 Å². The summed E-state index contributed by atoms with van der Waals surface area (Å²) in [5, 5.41) is 3.66. The van der Waals surface area contributed by atoms with E-state index in [2.05, 4.69) is 12.2 Å².